The van der Waals surface area contributed by atoms with E-state index in [2.05, 4.69) is 24.4 Å². The highest BCUT2D eigenvalue weighted by Crippen LogP contribution is 2.34. The van der Waals surface area contributed by atoms with Crippen molar-refractivity contribution in [1.29, 1.82) is 0 Å². The van der Waals surface area contributed by atoms with Crippen molar-refractivity contribution in [3.63, 3.8) is 0 Å². The molecule has 0 amide bonds. The number of allylic oxidation sites excluding steroid dienone is 1. The van der Waals surface area contributed by atoms with Crippen molar-refractivity contribution in [1.82, 2.24) is 4.90 Å². The summed E-state index contributed by atoms with van der Waals surface area (Å²) in [4.78, 5) is 2.38. The fourth-order valence-corrected chi connectivity index (χ4v) is 1.99. The molecule has 0 unspecified atom stereocenters. The predicted octanol–water partition coefficient (Wildman–Crippen LogP) is 1.10. The van der Waals surface area contributed by atoms with E-state index in [4.69, 9.17) is 4.74 Å². The Balaban J connectivity index is 1.99. The van der Waals surface area contributed by atoms with Crippen molar-refractivity contribution in [3.05, 3.63) is 18.1 Å². The first-order valence-electron chi connectivity index (χ1n) is 4.57. The van der Waals surface area contributed by atoms with Crippen LogP contribution in [0.15, 0.2) is 11.6 Å². The van der Waals surface area contributed by atoms with Crippen molar-refractivity contribution in [2.75, 3.05) is 27.2 Å². The van der Waals surface area contributed by atoms with Crippen LogP contribution in [0.2, 0.25) is 0 Å². The summed E-state index contributed by atoms with van der Waals surface area (Å²) in [7, 11) is 4.01. The summed E-state index contributed by atoms with van der Waals surface area (Å²) < 4.78 is 5.47. The molecule has 1 fully saturated rings. The van der Waals surface area contributed by atoms with Crippen molar-refractivity contribution in [2.24, 2.45) is 5.92 Å². The van der Waals surface area contributed by atoms with Crippen LogP contribution in [0.4, 0.5) is 0 Å². The van der Waals surface area contributed by atoms with Crippen LogP contribution in [-0.4, -0.2) is 38.3 Å². The zero-order valence-electron chi connectivity index (χ0n) is 7.79. The molecule has 1 aliphatic heterocycles. The quantitative estimate of drug-likeness (QED) is 0.609. The molecule has 0 spiro atoms. The number of hydrogen-bond acceptors (Lipinski definition) is 2. The van der Waals surface area contributed by atoms with E-state index in [-0.39, 0.29) is 0 Å². The standard InChI is InChI=1S/C10H16NO/c1-11-6-5-10(12-2)9(7-11)8-3-4-8/h3-4,9-10H,5-7H2,1-2H3/t9-,10-/m0/s1. The van der Waals surface area contributed by atoms with Crippen molar-refractivity contribution < 1.29 is 4.74 Å². The van der Waals surface area contributed by atoms with Crippen molar-refractivity contribution in [2.45, 2.75) is 12.5 Å². The summed E-state index contributed by atoms with van der Waals surface area (Å²) >= 11 is 0. The van der Waals surface area contributed by atoms with E-state index in [1.165, 1.54) is 18.5 Å². The zero-order valence-corrected chi connectivity index (χ0v) is 7.79. The lowest BCUT2D eigenvalue weighted by Crippen LogP contribution is -2.41. The molecule has 2 aliphatic rings. The predicted molar refractivity (Wildman–Crippen MR) is 48.8 cm³/mol. The Morgan fingerprint density at radius 2 is 2.33 bits per heavy atom. The van der Waals surface area contributed by atoms with Gasteiger partial charge in [-0.2, -0.15) is 0 Å². The van der Waals surface area contributed by atoms with Gasteiger partial charge in [-0.3, -0.25) is 0 Å². The molecule has 0 saturated carbocycles. The average molecular weight is 166 g/mol. The Kier molecular flexibility index (Phi) is 2.20. The largest absolute Gasteiger partial charge is 0.381 e. The lowest BCUT2D eigenvalue weighted by Gasteiger charge is -2.34. The van der Waals surface area contributed by atoms with Crippen molar-refractivity contribution >= 4 is 0 Å². The van der Waals surface area contributed by atoms with Crippen LogP contribution in [0.25, 0.3) is 0 Å². The molecule has 1 heterocycles. The van der Waals surface area contributed by atoms with Crippen LogP contribution in [0.3, 0.4) is 0 Å². The van der Waals surface area contributed by atoms with Gasteiger partial charge in [0.05, 0.1) is 6.10 Å². The van der Waals surface area contributed by atoms with Crippen LogP contribution in [0, 0.1) is 12.3 Å². The molecule has 1 saturated heterocycles. The summed E-state index contributed by atoms with van der Waals surface area (Å²) in [5.41, 5.74) is 1.49. The molecule has 2 atom stereocenters. The first kappa shape index (κ1) is 8.27. The van der Waals surface area contributed by atoms with Gasteiger partial charge in [0.25, 0.3) is 0 Å². The fourth-order valence-electron chi connectivity index (χ4n) is 1.99. The Morgan fingerprint density at radius 3 is 2.92 bits per heavy atom. The summed E-state index contributed by atoms with van der Waals surface area (Å²) in [5.74, 6) is 0.633. The molecule has 0 aromatic carbocycles. The summed E-state index contributed by atoms with van der Waals surface area (Å²) in [6, 6.07) is 0. The van der Waals surface area contributed by atoms with E-state index in [0.717, 1.165) is 6.54 Å². The Hall–Kier alpha value is -0.340. The molecule has 0 bridgehead atoms. The number of likely N-dealkylation sites (tertiary alicyclic amines) is 1. The molecule has 12 heavy (non-hydrogen) atoms. The molecule has 2 heteroatoms. The van der Waals surface area contributed by atoms with E-state index < -0.39 is 0 Å². The number of ether oxygens (including phenoxy) is 1. The number of rotatable bonds is 2. The third-order valence-corrected chi connectivity index (χ3v) is 2.84. The number of piperidine rings is 1. The first-order chi connectivity index (χ1) is 5.81. The third-order valence-electron chi connectivity index (χ3n) is 2.84. The second-order valence-corrected chi connectivity index (χ2v) is 3.76. The second-order valence-electron chi connectivity index (χ2n) is 3.76. The SMILES string of the molecule is CO[C@H]1CCN(C)C[C@H]1C1=C[CH]1. The van der Waals surface area contributed by atoms with E-state index in [1.54, 1.807) is 0 Å². The minimum atomic E-state index is 0.450. The lowest BCUT2D eigenvalue weighted by atomic mass is 9.92. The second kappa shape index (κ2) is 3.19. The molecule has 2 nitrogen and oxygen atoms in total. The maximum Gasteiger partial charge on any atom is 0.0661 e. The highest BCUT2D eigenvalue weighted by Gasteiger charge is 2.33. The van der Waals surface area contributed by atoms with E-state index in [1.807, 2.05) is 7.11 Å². The van der Waals surface area contributed by atoms with Gasteiger partial charge >= 0.3 is 0 Å². The van der Waals surface area contributed by atoms with Crippen molar-refractivity contribution in [3.8, 4) is 0 Å². The van der Waals surface area contributed by atoms with Crippen LogP contribution in [0.1, 0.15) is 6.42 Å². The molecule has 0 aromatic rings. The maximum atomic E-state index is 5.47. The molecule has 0 N–H and O–H groups in total. The van der Waals surface area contributed by atoms with Crippen LogP contribution < -0.4 is 0 Å². The number of methoxy groups -OCH3 is 1. The normalized spacial score (nSPS) is 36.3. The van der Waals surface area contributed by atoms with Gasteiger partial charge in [-0.25, -0.2) is 0 Å². The molecule has 2 rings (SSSR count). The molecule has 1 radical (unpaired) electrons. The highest BCUT2D eigenvalue weighted by molar-refractivity contribution is 5.42. The van der Waals surface area contributed by atoms with Crippen LogP contribution >= 0.6 is 0 Å². The first-order valence-corrected chi connectivity index (χ1v) is 4.57. The molecule has 67 valence electrons. The smallest absolute Gasteiger partial charge is 0.0661 e. The molecular formula is C10H16NO. The topological polar surface area (TPSA) is 12.5 Å². The Morgan fingerprint density at radius 1 is 1.58 bits per heavy atom. The third kappa shape index (κ3) is 1.54. The van der Waals surface area contributed by atoms with Gasteiger partial charge in [0.1, 0.15) is 0 Å². The lowest BCUT2D eigenvalue weighted by molar-refractivity contribution is 0.0161. The average Bonchev–Trinajstić information content (AvgIpc) is 2.87. The van der Waals surface area contributed by atoms with E-state index in [0.29, 0.717) is 12.0 Å². The van der Waals surface area contributed by atoms with Crippen LogP contribution in [-0.2, 0) is 4.74 Å². The van der Waals surface area contributed by atoms with E-state index in [9.17, 15) is 0 Å². The number of nitrogens with zero attached hydrogens (tertiary/aromatic N) is 1. The monoisotopic (exact) mass is 166 g/mol. The zero-order chi connectivity index (χ0) is 8.55. The summed E-state index contributed by atoms with van der Waals surface area (Å²) in [6.45, 7) is 2.32. The summed E-state index contributed by atoms with van der Waals surface area (Å²) in [6.07, 6.45) is 6.03. The summed E-state index contributed by atoms with van der Waals surface area (Å²) in [5, 5.41) is 0. The Labute approximate surface area is 74.2 Å². The minimum absolute atomic E-state index is 0.450. The van der Waals surface area contributed by atoms with Gasteiger partial charge in [0.15, 0.2) is 0 Å². The highest BCUT2D eigenvalue weighted by atomic mass is 16.5. The fraction of sp³-hybridized carbons (Fsp3) is 0.700. The van der Waals surface area contributed by atoms with Gasteiger partial charge in [0, 0.05) is 32.5 Å². The van der Waals surface area contributed by atoms with Crippen LogP contribution in [0.5, 0.6) is 0 Å². The van der Waals surface area contributed by atoms with E-state index >= 15 is 0 Å². The van der Waals surface area contributed by atoms with Gasteiger partial charge in [-0.05, 0) is 13.5 Å². The van der Waals surface area contributed by atoms with Gasteiger partial charge in [-0.15, -0.1) is 0 Å². The number of hydrogen-bond donors (Lipinski definition) is 0. The molecule has 1 aliphatic carbocycles. The van der Waals surface area contributed by atoms with Gasteiger partial charge < -0.3 is 9.64 Å². The maximum absolute atomic E-state index is 5.47. The molecule has 0 aromatic heterocycles. The Bertz CT molecular complexity index is 200. The molecular weight excluding hydrogens is 150 g/mol. The van der Waals surface area contributed by atoms with Gasteiger partial charge in [0.2, 0.25) is 0 Å². The van der Waals surface area contributed by atoms with Gasteiger partial charge in [-0.1, -0.05) is 11.6 Å². The minimum Gasteiger partial charge on any atom is -0.381 e.